The van der Waals surface area contributed by atoms with Crippen molar-refractivity contribution < 1.29 is 9.53 Å². The molecule has 0 saturated heterocycles. The molecule has 0 aliphatic heterocycles. The molecule has 3 heteroatoms. The number of hydrogen-bond donors (Lipinski definition) is 1. The van der Waals surface area contributed by atoms with Crippen molar-refractivity contribution in [3.8, 4) is 5.75 Å². The number of carbonyl (C=O) groups excluding carboxylic acids is 1. The molecule has 3 nitrogen and oxygen atoms in total. The fourth-order valence-corrected chi connectivity index (χ4v) is 3.02. The topological polar surface area (TPSA) is 38.3 Å². The maximum absolute atomic E-state index is 12.6. The first-order valence-electron chi connectivity index (χ1n) is 9.06. The lowest BCUT2D eigenvalue weighted by Crippen LogP contribution is -2.37. The van der Waals surface area contributed by atoms with Gasteiger partial charge in [-0.3, -0.25) is 4.79 Å². The van der Waals surface area contributed by atoms with Gasteiger partial charge in [-0.25, -0.2) is 0 Å². The Balaban J connectivity index is 1.68. The summed E-state index contributed by atoms with van der Waals surface area (Å²) in [6, 6.07) is 20.3. The molecule has 3 aromatic carbocycles. The highest BCUT2D eigenvalue weighted by Crippen LogP contribution is 2.20. The van der Waals surface area contributed by atoms with Crippen molar-refractivity contribution in [2.45, 2.75) is 39.8 Å². The predicted octanol–water partition coefficient (Wildman–Crippen LogP) is 4.93. The van der Waals surface area contributed by atoms with Crippen molar-refractivity contribution in [3.05, 3.63) is 77.4 Å². The maximum Gasteiger partial charge on any atom is 0.261 e. The molecule has 0 bridgehead atoms. The molecule has 0 heterocycles. The van der Waals surface area contributed by atoms with Crippen LogP contribution in [0.1, 0.15) is 30.0 Å². The quantitative estimate of drug-likeness (QED) is 0.686. The third kappa shape index (κ3) is 4.05. The molecule has 1 N–H and O–H groups in total. The lowest BCUT2D eigenvalue weighted by Gasteiger charge is -2.18. The molecule has 1 amide bonds. The average Bonchev–Trinajstić information content (AvgIpc) is 2.66. The summed E-state index contributed by atoms with van der Waals surface area (Å²) in [5.74, 6) is 0.652. The molecule has 0 unspecified atom stereocenters. The molecule has 0 aliphatic carbocycles. The number of nitrogens with one attached hydrogen (secondary N) is 1. The van der Waals surface area contributed by atoms with Crippen molar-refractivity contribution in [2.24, 2.45) is 0 Å². The van der Waals surface area contributed by atoms with Crippen LogP contribution < -0.4 is 10.1 Å². The lowest BCUT2D eigenvalue weighted by molar-refractivity contribution is -0.128. The van der Waals surface area contributed by atoms with Crippen LogP contribution in [0.5, 0.6) is 5.75 Å². The van der Waals surface area contributed by atoms with Crippen LogP contribution in [0.3, 0.4) is 0 Å². The maximum atomic E-state index is 12.6. The Morgan fingerprint density at radius 3 is 2.54 bits per heavy atom. The minimum Gasteiger partial charge on any atom is -0.481 e. The Morgan fingerprint density at radius 1 is 1.00 bits per heavy atom. The van der Waals surface area contributed by atoms with E-state index in [1.54, 1.807) is 0 Å². The summed E-state index contributed by atoms with van der Waals surface area (Å²) in [7, 11) is 0. The number of aryl methyl sites for hydroxylation is 2. The molecule has 3 aromatic rings. The zero-order valence-corrected chi connectivity index (χ0v) is 15.6. The molecule has 0 aromatic heterocycles. The zero-order chi connectivity index (χ0) is 18.5. The molecule has 0 radical (unpaired) electrons. The normalized spacial score (nSPS) is 12.0. The summed E-state index contributed by atoms with van der Waals surface area (Å²) in [5.41, 5.74) is 3.48. The van der Waals surface area contributed by atoms with Crippen LogP contribution in [0.25, 0.3) is 10.8 Å². The van der Waals surface area contributed by atoms with E-state index >= 15 is 0 Å². The van der Waals surface area contributed by atoms with E-state index in [9.17, 15) is 4.79 Å². The Morgan fingerprint density at radius 2 is 1.77 bits per heavy atom. The van der Waals surface area contributed by atoms with Gasteiger partial charge in [-0.05, 0) is 59.9 Å². The second-order valence-corrected chi connectivity index (χ2v) is 6.62. The summed E-state index contributed by atoms with van der Waals surface area (Å²) in [6.45, 7) is 6.56. The predicted molar refractivity (Wildman–Crippen MR) is 106 cm³/mol. The van der Waals surface area contributed by atoms with Crippen LogP contribution >= 0.6 is 0 Å². The van der Waals surface area contributed by atoms with Gasteiger partial charge in [-0.2, -0.15) is 0 Å². The summed E-state index contributed by atoms with van der Waals surface area (Å²) in [5, 5.41) is 5.37. The Bertz CT molecular complexity index is 912. The van der Waals surface area contributed by atoms with Crippen LogP contribution in [-0.4, -0.2) is 12.0 Å². The minimum atomic E-state index is -0.493. The summed E-state index contributed by atoms with van der Waals surface area (Å²) in [6.07, 6.45) is 0.126. The monoisotopic (exact) mass is 347 g/mol. The van der Waals surface area contributed by atoms with Crippen molar-refractivity contribution in [1.82, 2.24) is 5.32 Å². The molecule has 134 valence electrons. The van der Waals surface area contributed by atoms with E-state index < -0.39 is 6.10 Å². The van der Waals surface area contributed by atoms with E-state index in [1.165, 1.54) is 16.3 Å². The fourth-order valence-electron chi connectivity index (χ4n) is 3.02. The van der Waals surface area contributed by atoms with Gasteiger partial charge in [-0.1, -0.05) is 55.5 Å². The molecular weight excluding hydrogens is 322 g/mol. The number of benzene rings is 3. The molecular formula is C23H25NO2. The summed E-state index contributed by atoms with van der Waals surface area (Å²) in [4.78, 5) is 12.6. The van der Waals surface area contributed by atoms with Crippen LogP contribution in [-0.2, 0) is 11.3 Å². The number of amides is 1. The number of carbonyl (C=O) groups is 1. The van der Waals surface area contributed by atoms with Gasteiger partial charge in [0, 0.05) is 6.54 Å². The number of fused-ring (bicyclic) bond motifs is 1. The molecule has 0 fully saturated rings. The Labute approximate surface area is 155 Å². The largest absolute Gasteiger partial charge is 0.481 e. The number of hydrogen-bond acceptors (Lipinski definition) is 2. The summed E-state index contributed by atoms with van der Waals surface area (Å²) < 4.78 is 5.93. The third-order valence-corrected chi connectivity index (χ3v) is 4.75. The highest BCUT2D eigenvalue weighted by Gasteiger charge is 2.18. The van der Waals surface area contributed by atoms with Gasteiger partial charge in [-0.15, -0.1) is 0 Å². The van der Waals surface area contributed by atoms with Crippen molar-refractivity contribution >= 4 is 16.7 Å². The smallest absolute Gasteiger partial charge is 0.261 e. The van der Waals surface area contributed by atoms with Crippen molar-refractivity contribution in [1.29, 1.82) is 0 Å². The molecule has 26 heavy (non-hydrogen) atoms. The average molecular weight is 347 g/mol. The van der Waals surface area contributed by atoms with Gasteiger partial charge in [0.05, 0.1) is 0 Å². The van der Waals surface area contributed by atoms with Gasteiger partial charge < -0.3 is 10.1 Å². The number of ether oxygens (including phenoxy) is 1. The van der Waals surface area contributed by atoms with Crippen molar-refractivity contribution in [2.75, 3.05) is 0 Å². The minimum absolute atomic E-state index is 0.0846. The first-order valence-corrected chi connectivity index (χ1v) is 9.06. The van der Waals surface area contributed by atoms with Crippen LogP contribution in [0.4, 0.5) is 0 Å². The highest BCUT2D eigenvalue weighted by atomic mass is 16.5. The van der Waals surface area contributed by atoms with E-state index in [-0.39, 0.29) is 5.91 Å². The number of rotatable bonds is 6. The molecule has 1 atom stereocenters. The second kappa shape index (κ2) is 8.05. The van der Waals surface area contributed by atoms with Crippen LogP contribution in [0, 0.1) is 13.8 Å². The van der Waals surface area contributed by atoms with Crippen molar-refractivity contribution in [3.63, 3.8) is 0 Å². The van der Waals surface area contributed by atoms with Gasteiger partial charge in [0.2, 0.25) is 0 Å². The first kappa shape index (κ1) is 18.0. The van der Waals surface area contributed by atoms with Gasteiger partial charge >= 0.3 is 0 Å². The van der Waals surface area contributed by atoms with E-state index in [2.05, 4.69) is 30.4 Å². The lowest BCUT2D eigenvalue weighted by atomic mass is 10.0. The van der Waals surface area contributed by atoms with E-state index in [1.807, 2.05) is 56.3 Å². The fraction of sp³-hybridized carbons (Fsp3) is 0.261. The van der Waals surface area contributed by atoms with Gasteiger partial charge in [0.1, 0.15) is 5.75 Å². The first-order chi connectivity index (χ1) is 12.6. The van der Waals surface area contributed by atoms with E-state index in [0.717, 1.165) is 16.9 Å². The molecule has 3 rings (SSSR count). The molecule has 0 aliphatic rings. The summed E-state index contributed by atoms with van der Waals surface area (Å²) >= 11 is 0. The Kier molecular flexibility index (Phi) is 5.57. The van der Waals surface area contributed by atoms with E-state index in [0.29, 0.717) is 13.0 Å². The highest BCUT2D eigenvalue weighted by molar-refractivity contribution is 5.86. The van der Waals surface area contributed by atoms with Gasteiger partial charge in [0.25, 0.3) is 5.91 Å². The van der Waals surface area contributed by atoms with Gasteiger partial charge in [0.15, 0.2) is 6.10 Å². The molecule has 0 saturated carbocycles. The van der Waals surface area contributed by atoms with E-state index in [4.69, 9.17) is 4.74 Å². The standard InChI is InChI=1S/C23H25NO2/c1-4-22(26-20-13-12-16(2)17(3)14-20)23(25)24-15-19-10-7-9-18-8-5-6-11-21(18)19/h5-14,22H,4,15H2,1-3H3,(H,24,25)/t22-/m0/s1. The SMILES string of the molecule is CC[C@H](Oc1ccc(C)c(C)c1)C(=O)NCc1cccc2ccccc12. The molecule has 0 spiro atoms. The zero-order valence-electron chi connectivity index (χ0n) is 15.6. The van der Waals surface area contributed by atoms with Crippen LogP contribution in [0.2, 0.25) is 0 Å². The Hall–Kier alpha value is -2.81. The van der Waals surface area contributed by atoms with Crippen LogP contribution in [0.15, 0.2) is 60.7 Å². The second-order valence-electron chi connectivity index (χ2n) is 6.62. The third-order valence-electron chi connectivity index (χ3n) is 4.75.